The van der Waals surface area contributed by atoms with Gasteiger partial charge in [-0.1, -0.05) is 30.3 Å². The number of carbonyl (C=O) groups excluding carboxylic acids is 1. The SMILES string of the molecule is N#C/C(=C/NCc1ccccc1)C(=O)Nc1ccc(F)cc1. The number of benzene rings is 2. The second kappa shape index (κ2) is 7.60. The molecule has 110 valence electrons. The third kappa shape index (κ3) is 4.46. The number of nitriles is 1. The third-order valence-electron chi connectivity index (χ3n) is 2.86. The van der Waals surface area contributed by atoms with Crippen LogP contribution in [-0.4, -0.2) is 5.91 Å². The van der Waals surface area contributed by atoms with E-state index in [2.05, 4.69) is 10.6 Å². The lowest BCUT2D eigenvalue weighted by Crippen LogP contribution is -2.16. The Morgan fingerprint density at radius 3 is 2.45 bits per heavy atom. The van der Waals surface area contributed by atoms with Gasteiger partial charge in [-0.3, -0.25) is 4.79 Å². The van der Waals surface area contributed by atoms with Gasteiger partial charge in [0, 0.05) is 18.4 Å². The van der Waals surface area contributed by atoms with Crippen molar-refractivity contribution in [2.45, 2.75) is 6.54 Å². The highest BCUT2D eigenvalue weighted by Gasteiger charge is 2.09. The monoisotopic (exact) mass is 295 g/mol. The van der Waals surface area contributed by atoms with Crippen molar-refractivity contribution in [3.05, 3.63) is 77.8 Å². The highest BCUT2D eigenvalue weighted by Crippen LogP contribution is 2.09. The Bertz CT molecular complexity index is 703. The van der Waals surface area contributed by atoms with Crippen LogP contribution in [0.1, 0.15) is 5.56 Å². The molecular formula is C17H14FN3O. The molecule has 0 aliphatic carbocycles. The molecule has 0 fully saturated rings. The van der Waals surface area contributed by atoms with Gasteiger partial charge in [-0.05, 0) is 29.8 Å². The van der Waals surface area contributed by atoms with Crippen LogP contribution in [0.4, 0.5) is 10.1 Å². The molecule has 0 aromatic heterocycles. The molecule has 2 N–H and O–H groups in total. The van der Waals surface area contributed by atoms with Gasteiger partial charge in [0.05, 0.1) is 0 Å². The number of halogens is 1. The van der Waals surface area contributed by atoms with Crippen LogP contribution in [0.15, 0.2) is 66.4 Å². The lowest BCUT2D eigenvalue weighted by atomic mass is 10.2. The van der Waals surface area contributed by atoms with Gasteiger partial charge in [0.25, 0.3) is 5.91 Å². The highest BCUT2D eigenvalue weighted by atomic mass is 19.1. The molecular weight excluding hydrogens is 281 g/mol. The molecule has 2 rings (SSSR count). The minimum atomic E-state index is -0.547. The van der Waals surface area contributed by atoms with E-state index in [1.54, 1.807) is 0 Å². The van der Waals surface area contributed by atoms with Gasteiger partial charge in [-0.15, -0.1) is 0 Å². The summed E-state index contributed by atoms with van der Waals surface area (Å²) in [4.78, 5) is 11.9. The lowest BCUT2D eigenvalue weighted by Gasteiger charge is -2.05. The van der Waals surface area contributed by atoms with Crippen LogP contribution < -0.4 is 10.6 Å². The molecule has 2 aromatic carbocycles. The van der Waals surface area contributed by atoms with Crippen molar-refractivity contribution >= 4 is 11.6 Å². The number of hydrogen-bond donors (Lipinski definition) is 2. The normalized spacial score (nSPS) is 10.6. The second-order valence-electron chi connectivity index (χ2n) is 4.50. The van der Waals surface area contributed by atoms with Crippen molar-refractivity contribution in [1.29, 1.82) is 5.26 Å². The number of nitrogens with zero attached hydrogens (tertiary/aromatic N) is 1. The van der Waals surface area contributed by atoms with Crippen LogP contribution >= 0.6 is 0 Å². The molecule has 0 unspecified atom stereocenters. The van der Waals surface area contributed by atoms with Crippen LogP contribution in [0.3, 0.4) is 0 Å². The van der Waals surface area contributed by atoms with Crippen LogP contribution in [0.2, 0.25) is 0 Å². The average Bonchev–Trinajstić information content (AvgIpc) is 2.54. The first-order valence-corrected chi connectivity index (χ1v) is 6.63. The fourth-order valence-corrected chi connectivity index (χ4v) is 1.75. The lowest BCUT2D eigenvalue weighted by molar-refractivity contribution is -0.112. The third-order valence-corrected chi connectivity index (χ3v) is 2.86. The maximum absolute atomic E-state index is 12.8. The predicted molar refractivity (Wildman–Crippen MR) is 82.0 cm³/mol. The van der Waals surface area contributed by atoms with E-state index in [9.17, 15) is 9.18 Å². The summed E-state index contributed by atoms with van der Waals surface area (Å²) in [5.41, 5.74) is 1.41. The number of hydrogen-bond acceptors (Lipinski definition) is 3. The Kier molecular flexibility index (Phi) is 5.27. The summed E-state index contributed by atoms with van der Waals surface area (Å²) < 4.78 is 12.8. The van der Waals surface area contributed by atoms with Gasteiger partial charge in [-0.25, -0.2) is 4.39 Å². The fourth-order valence-electron chi connectivity index (χ4n) is 1.75. The minimum Gasteiger partial charge on any atom is -0.386 e. The molecule has 0 saturated heterocycles. The molecule has 0 bridgehead atoms. The van der Waals surface area contributed by atoms with E-state index in [0.717, 1.165) is 5.56 Å². The Labute approximate surface area is 127 Å². The standard InChI is InChI=1S/C17H14FN3O/c18-15-6-8-16(9-7-15)21-17(22)14(10-19)12-20-11-13-4-2-1-3-5-13/h1-9,12,20H,11H2,(H,21,22)/b14-12-. The van der Waals surface area contributed by atoms with Crippen molar-refractivity contribution in [2.24, 2.45) is 0 Å². The zero-order valence-corrected chi connectivity index (χ0v) is 11.7. The Morgan fingerprint density at radius 1 is 1.14 bits per heavy atom. The molecule has 4 nitrogen and oxygen atoms in total. The fraction of sp³-hybridized carbons (Fsp3) is 0.0588. The summed E-state index contributed by atoms with van der Waals surface area (Å²) in [5, 5.41) is 14.5. The van der Waals surface area contributed by atoms with Crippen LogP contribution in [0, 0.1) is 17.1 Å². The van der Waals surface area contributed by atoms with Crippen LogP contribution in [-0.2, 0) is 11.3 Å². The number of nitrogens with one attached hydrogen (secondary N) is 2. The van der Waals surface area contributed by atoms with E-state index < -0.39 is 11.7 Å². The molecule has 0 aliphatic rings. The first-order chi connectivity index (χ1) is 10.7. The molecule has 22 heavy (non-hydrogen) atoms. The molecule has 0 atom stereocenters. The first-order valence-electron chi connectivity index (χ1n) is 6.63. The smallest absolute Gasteiger partial charge is 0.267 e. The maximum atomic E-state index is 12.8. The van der Waals surface area contributed by atoms with Crippen molar-refractivity contribution in [2.75, 3.05) is 5.32 Å². The molecule has 5 heteroatoms. The summed E-state index contributed by atoms with van der Waals surface area (Å²) in [7, 11) is 0. The number of amides is 1. The van der Waals surface area contributed by atoms with Gasteiger partial charge in [0.1, 0.15) is 17.5 Å². The Morgan fingerprint density at radius 2 is 1.82 bits per heavy atom. The number of rotatable bonds is 5. The van der Waals surface area contributed by atoms with Gasteiger partial charge >= 0.3 is 0 Å². The summed E-state index contributed by atoms with van der Waals surface area (Å²) in [5.74, 6) is -0.937. The molecule has 0 radical (unpaired) electrons. The van der Waals surface area contributed by atoms with Crippen molar-refractivity contribution in [3.8, 4) is 6.07 Å². The van der Waals surface area contributed by atoms with Crippen molar-refractivity contribution in [3.63, 3.8) is 0 Å². The van der Waals surface area contributed by atoms with E-state index in [1.165, 1.54) is 30.5 Å². The number of anilines is 1. The maximum Gasteiger partial charge on any atom is 0.267 e. The largest absolute Gasteiger partial charge is 0.386 e. The van der Waals surface area contributed by atoms with Crippen LogP contribution in [0.25, 0.3) is 0 Å². The average molecular weight is 295 g/mol. The van der Waals surface area contributed by atoms with Gasteiger partial charge in [-0.2, -0.15) is 5.26 Å². The zero-order chi connectivity index (χ0) is 15.8. The molecule has 0 aliphatic heterocycles. The summed E-state index contributed by atoms with van der Waals surface area (Å²) in [6.45, 7) is 0.510. The topological polar surface area (TPSA) is 64.9 Å². The molecule has 1 amide bonds. The summed E-state index contributed by atoms with van der Waals surface area (Å²) in [6, 6.07) is 16.8. The molecule has 0 saturated carbocycles. The van der Waals surface area contributed by atoms with Gasteiger partial charge in [0.15, 0.2) is 0 Å². The highest BCUT2D eigenvalue weighted by molar-refractivity contribution is 6.06. The number of carbonyl (C=O) groups is 1. The Hall–Kier alpha value is -3.13. The molecule has 0 spiro atoms. The zero-order valence-electron chi connectivity index (χ0n) is 11.7. The molecule has 2 aromatic rings. The second-order valence-corrected chi connectivity index (χ2v) is 4.50. The van der Waals surface area contributed by atoms with E-state index >= 15 is 0 Å². The van der Waals surface area contributed by atoms with Crippen molar-refractivity contribution < 1.29 is 9.18 Å². The van der Waals surface area contributed by atoms with Crippen molar-refractivity contribution in [1.82, 2.24) is 5.32 Å². The summed E-state index contributed by atoms with van der Waals surface area (Å²) in [6.07, 6.45) is 1.37. The van der Waals surface area contributed by atoms with E-state index in [0.29, 0.717) is 12.2 Å². The van der Waals surface area contributed by atoms with Crippen LogP contribution in [0.5, 0.6) is 0 Å². The first kappa shape index (κ1) is 15.3. The van der Waals surface area contributed by atoms with E-state index in [4.69, 9.17) is 5.26 Å². The van der Waals surface area contributed by atoms with Gasteiger partial charge < -0.3 is 10.6 Å². The quantitative estimate of drug-likeness (QED) is 0.658. The molecule has 0 heterocycles. The predicted octanol–water partition coefficient (Wildman–Crippen LogP) is 2.96. The van der Waals surface area contributed by atoms with E-state index in [1.807, 2.05) is 36.4 Å². The van der Waals surface area contributed by atoms with E-state index in [-0.39, 0.29) is 5.57 Å². The van der Waals surface area contributed by atoms with Gasteiger partial charge in [0.2, 0.25) is 0 Å². The summed E-state index contributed by atoms with van der Waals surface area (Å²) >= 11 is 0. The Balaban J connectivity index is 1.95. The minimum absolute atomic E-state index is 0.0553.